The Morgan fingerprint density at radius 2 is 1.67 bits per heavy atom. The molecule has 0 bridgehead atoms. The summed E-state index contributed by atoms with van der Waals surface area (Å²) in [7, 11) is 0. The Bertz CT molecular complexity index is 841. The molecule has 4 heteroatoms. The lowest BCUT2D eigenvalue weighted by atomic mass is 9.98. The van der Waals surface area contributed by atoms with Crippen molar-refractivity contribution in [3.8, 4) is 28.4 Å². The van der Waals surface area contributed by atoms with E-state index in [4.69, 9.17) is 9.47 Å². The molecule has 0 fully saturated rings. The van der Waals surface area contributed by atoms with E-state index in [0.29, 0.717) is 22.6 Å². The van der Waals surface area contributed by atoms with Crippen LogP contribution in [0.25, 0.3) is 21.9 Å². The highest BCUT2D eigenvalue weighted by molar-refractivity contribution is 5.99. The molecule has 0 aromatic heterocycles. The second-order valence-electron chi connectivity index (χ2n) is 4.86. The number of benzene rings is 3. The predicted octanol–water partition coefficient (Wildman–Crippen LogP) is 3.26. The second-order valence-corrected chi connectivity index (χ2v) is 4.86. The molecule has 21 heavy (non-hydrogen) atoms. The Balaban J connectivity index is 2.14. The first kappa shape index (κ1) is 12.1. The van der Waals surface area contributed by atoms with Crippen molar-refractivity contribution in [1.82, 2.24) is 0 Å². The lowest BCUT2D eigenvalue weighted by molar-refractivity contribution is -0.157. The van der Waals surface area contributed by atoms with Crippen molar-refractivity contribution in [1.29, 1.82) is 0 Å². The summed E-state index contributed by atoms with van der Waals surface area (Å²) in [6, 6.07) is 16.4. The summed E-state index contributed by atoms with van der Waals surface area (Å²) in [5.74, 6) is 0.978. The SMILES string of the molecule is Oc1cc2ccccc2c2c1-c1ccccc1OC(O)O2. The molecular weight excluding hydrogens is 268 g/mol. The largest absolute Gasteiger partial charge is 0.507 e. The van der Waals surface area contributed by atoms with Crippen LogP contribution in [0.15, 0.2) is 54.6 Å². The number of aliphatic hydroxyl groups excluding tert-OH is 1. The van der Waals surface area contributed by atoms with Gasteiger partial charge in [-0.15, -0.1) is 0 Å². The zero-order valence-corrected chi connectivity index (χ0v) is 11.0. The zero-order chi connectivity index (χ0) is 14.4. The van der Waals surface area contributed by atoms with Crippen molar-refractivity contribution in [2.75, 3.05) is 0 Å². The predicted molar refractivity (Wildman–Crippen MR) is 78.3 cm³/mol. The van der Waals surface area contributed by atoms with E-state index in [1.165, 1.54) is 0 Å². The van der Waals surface area contributed by atoms with Crippen LogP contribution >= 0.6 is 0 Å². The molecule has 3 aromatic rings. The van der Waals surface area contributed by atoms with Gasteiger partial charge in [-0.1, -0.05) is 42.5 Å². The number of phenols is 1. The van der Waals surface area contributed by atoms with Crippen LogP contribution in [-0.4, -0.2) is 16.7 Å². The third kappa shape index (κ3) is 1.80. The quantitative estimate of drug-likeness (QED) is 0.663. The topological polar surface area (TPSA) is 58.9 Å². The average Bonchev–Trinajstić information content (AvgIpc) is 2.63. The van der Waals surface area contributed by atoms with Gasteiger partial charge in [-0.3, -0.25) is 0 Å². The van der Waals surface area contributed by atoms with E-state index in [2.05, 4.69) is 0 Å². The van der Waals surface area contributed by atoms with E-state index in [1.54, 1.807) is 18.2 Å². The molecule has 0 saturated carbocycles. The summed E-state index contributed by atoms with van der Waals surface area (Å²) >= 11 is 0. The lowest BCUT2D eigenvalue weighted by Crippen LogP contribution is -2.22. The van der Waals surface area contributed by atoms with Crippen molar-refractivity contribution in [3.63, 3.8) is 0 Å². The number of hydrogen-bond donors (Lipinski definition) is 2. The Labute approximate surface area is 120 Å². The van der Waals surface area contributed by atoms with Crippen LogP contribution in [0.4, 0.5) is 0 Å². The maximum atomic E-state index is 10.4. The van der Waals surface area contributed by atoms with Crippen LogP contribution < -0.4 is 9.47 Å². The number of rotatable bonds is 0. The first-order chi connectivity index (χ1) is 10.2. The Kier molecular flexibility index (Phi) is 2.52. The summed E-state index contributed by atoms with van der Waals surface area (Å²) in [6.45, 7) is -1.42. The van der Waals surface area contributed by atoms with Crippen molar-refractivity contribution in [2.45, 2.75) is 6.48 Å². The first-order valence-corrected chi connectivity index (χ1v) is 6.59. The van der Waals surface area contributed by atoms with Crippen LogP contribution in [0, 0.1) is 0 Å². The summed E-state index contributed by atoms with van der Waals surface area (Å²) in [5.41, 5.74) is 1.22. The van der Waals surface area contributed by atoms with Gasteiger partial charge in [0.1, 0.15) is 17.2 Å². The van der Waals surface area contributed by atoms with E-state index in [1.807, 2.05) is 36.4 Å². The fourth-order valence-corrected chi connectivity index (χ4v) is 2.69. The molecule has 1 atom stereocenters. The molecule has 0 aliphatic carbocycles. The van der Waals surface area contributed by atoms with Gasteiger partial charge in [0.15, 0.2) is 0 Å². The highest BCUT2D eigenvalue weighted by Crippen LogP contribution is 2.48. The summed E-state index contributed by atoms with van der Waals surface area (Å²) in [6.07, 6.45) is 0. The van der Waals surface area contributed by atoms with Crippen LogP contribution in [0.2, 0.25) is 0 Å². The van der Waals surface area contributed by atoms with Crippen LogP contribution in [0.5, 0.6) is 17.2 Å². The molecule has 104 valence electrons. The van der Waals surface area contributed by atoms with E-state index >= 15 is 0 Å². The lowest BCUT2D eigenvalue weighted by Gasteiger charge is -2.14. The van der Waals surface area contributed by atoms with Gasteiger partial charge in [-0.2, -0.15) is 0 Å². The summed E-state index contributed by atoms with van der Waals surface area (Å²) < 4.78 is 10.9. The van der Waals surface area contributed by atoms with Crippen molar-refractivity contribution < 1.29 is 19.7 Å². The number of hydrogen-bond acceptors (Lipinski definition) is 4. The maximum Gasteiger partial charge on any atom is 0.358 e. The van der Waals surface area contributed by atoms with Crippen LogP contribution in [0.1, 0.15) is 0 Å². The van der Waals surface area contributed by atoms with Gasteiger partial charge in [0.2, 0.25) is 0 Å². The van der Waals surface area contributed by atoms with Gasteiger partial charge in [0.25, 0.3) is 0 Å². The maximum absolute atomic E-state index is 10.4. The van der Waals surface area contributed by atoms with Gasteiger partial charge in [-0.25, -0.2) is 0 Å². The third-order valence-electron chi connectivity index (χ3n) is 3.58. The van der Waals surface area contributed by atoms with Crippen LogP contribution in [-0.2, 0) is 0 Å². The molecule has 3 aromatic carbocycles. The van der Waals surface area contributed by atoms with E-state index in [-0.39, 0.29) is 5.75 Å². The van der Waals surface area contributed by atoms with Crippen molar-refractivity contribution in [2.24, 2.45) is 0 Å². The number of ether oxygens (including phenoxy) is 2. The number of aliphatic hydroxyl groups is 1. The van der Waals surface area contributed by atoms with Crippen molar-refractivity contribution >= 4 is 10.8 Å². The average molecular weight is 280 g/mol. The highest BCUT2D eigenvalue weighted by atomic mass is 16.8. The molecule has 1 heterocycles. The molecule has 4 rings (SSSR count). The standard InChI is InChI=1S/C17H12O4/c18-13-9-10-5-1-2-6-11(10)16-15(13)12-7-3-4-8-14(12)20-17(19)21-16/h1-9,17-19H. The molecule has 0 amide bonds. The second kappa shape index (κ2) is 4.40. The molecule has 2 N–H and O–H groups in total. The summed E-state index contributed by atoms with van der Waals surface area (Å²) in [4.78, 5) is 0. The van der Waals surface area contributed by atoms with Gasteiger partial charge >= 0.3 is 6.48 Å². The van der Waals surface area contributed by atoms with Gasteiger partial charge in [0.05, 0.1) is 5.56 Å². The monoisotopic (exact) mass is 280 g/mol. The van der Waals surface area contributed by atoms with Gasteiger partial charge in [0, 0.05) is 10.9 Å². The normalized spacial score (nSPS) is 16.3. The molecule has 0 spiro atoms. The molecule has 1 aliphatic heterocycles. The molecule has 0 radical (unpaired) electrons. The molecule has 1 unspecified atom stereocenters. The van der Waals surface area contributed by atoms with Crippen LogP contribution in [0.3, 0.4) is 0 Å². The Morgan fingerprint density at radius 3 is 2.57 bits per heavy atom. The molecule has 4 nitrogen and oxygen atoms in total. The van der Waals surface area contributed by atoms with E-state index in [0.717, 1.165) is 10.8 Å². The molecule has 1 aliphatic rings. The minimum absolute atomic E-state index is 0.0915. The van der Waals surface area contributed by atoms with Crippen molar-refractivity contribution in [3.05, 3.63) is 54.6 Å². The third-order valence-corrected chi connectivity index (χ3v) is 3.58. The van der Waals surface area contributed by atoms with E-state index in [9.17, 15) is 10.2 Å². The number of aromatic hydroxyl groups is 1. The fraction of sp³-hybridized carbons (Fsp3) is 0.0588. The number of phenolic OH excluding ortho intramolecular Hbond substituents is 1. The number of fused-ring (bicyclic) bond motifs is 5. The Morgan fingerprint density at radius 1 is 0.905 bits per heavy atom. The van der Waals surface area contributed by atoms with Gasteiger partial charge in [-0.05, 0) is 17.5 Å². The molecule has 0 saturated heterocycles. The van der Waals surface area contributed by atoms with Gasteiger partial charge < -0.3 is 19.7 Å². The highest BCUT2D eigenvalue weighted by Gasteiger charge is 2.26. The molecular formula is C17H12O4. The number of para-hydroxylation sites is 1. The summed E-state index contributed by atoms with van der Waals surface area (Å²) in [5, 5.41) is 21.9. The Hall–Kier alpha value is -2.72. The minimum atomic E-state index is -1.42. The minimum Gasteiger partial charge on any atom is -0.507 e. The van der Waals surface area contributed by atoms with E-state index < -0.39 is 6.48 Å². The smallest absolute Gasteiger partial charge is 0.358 e. The zero-order valence-electron chi connectivity index (χ0n) is 11.0. The first-order valence-electron chi connectivity index (χ1n) is 6.59. The fourth-order valence-electron chi connectivity index (χ4n) is 2.69.